The number of benzene rings is 2. The van der Waals surface area contributed by atoms with E-state index in [0.717, 1.165) is 11.1 Å². The molecule has 6 heteroatoms. The highest BCUT2D eigenvalue weighted by molar-refractivity contribution is 6.30. The normalized spacial score (nSPS) is 21.7. The zero-order chi connectivity index (χ0) is 18.7. The van der Waals surface area contributed by atoms with Crippen molar-refractivity contribution in [3.63, 3.8) is 0 Å². The van der Waals surface area contributed by atoms with Crippen LogP contribution < -0.4 is 0 Å². The van der Waals surface area contributed by atoms with E-state index in [1.807, 2.05) is 37.3 Å². The van der Waals surface area contributed by atoms with Crippen LogP contribution in [-0.2, 0) is 9.53 Å². The zero-order valence-electron chi connectivity index (χ0n) is 14.4. The molecule has 1 N–H and O–H groups in total. The number of rotatable bonds is 5. The van der Waals surface area contributed by atoms with Gasteiger partial charge in [0.2, 0.25) is 5.91 Å². The van der Waals surface area contributed by atoms with Crippen molar-refractivity contribution in [1.29, 1.82) is 0 Å². The quantitative estimate of drug-likeness (QED) is 0.818. The molecule has 1 aliphatic heterocycles. The molecule has 0 saturated carbocycles. The van der Waals surface area contributed by atoms with Crippen molar-refractivity contribution in [2.45, 2.75) is 31.5 Å². The van der Waals surface area contributed by atoms with Gasteiger partial charge in [-0.05, 0) is 41.8 Å². The summed E-state index contributed by atoms with van der Waals surface area (Å²) in [6.07, 6.45) is 0.266. The van der Waals surface area contributed by atoms with E-state index in [2.05, 4.69) is 0 Å². The maximum atomic E-state index is 12.7. The van der Waals surface area contributed by atoms with Gasteiger partial charge in [0.25, 0.3) is 0 Å². The number of hydrogen-bond donors (Lipinski definition) is 1. The predicted octanol–water partition coefficient (Wildman–Crippen LogP) is 4.41. The molecule has 26 heavy (non-hydrogen) atoms. The van der Waals surface area contributed by atoms with Crippen molar-refractivity contribution < 1.29 is 14.6 Å². The number of morpholine rings is 1. The van der Waals surface area contributed by atoms with Crippen molar-refractivity contribution in [1.82, 2.24) is 4.90 Å². The molecule has 0 aliphatic carbocycles. The lowest BCUT2D eigenvalue weighted by Crippen LogP contribution is -2.51. The van der Waals surface area contributed by atoms with Crippen LogP contribution in [0, 0.1) is 0 Å². The molecule has 1 heterocycles. The zero-order valence-corrected chi connectivity index (χ0v) is 16.0. The number of nitrogens with zero attached hydrogens (tertiary/aromatic N) is 1. The minimum atomic E-state index is -0.381. The van der Waals surface area contributed by atoms with Gasteiger partial charge in [-0.1, -0.05) is 54.4 Å². The SMILES string of the molecule is CC[C@@H](CO)N1C(=O)CO[C@H](c2cccc(Cl)c2)C1c1ccc(Cl)cc1. The molecule has 1 saturated heterocycles. The summed E-state index contributed by atoms with van der Waals surface area (Å²) in [5, 5.41) is 11.1. The summed E-state index contributed by atoms with van der Waals surface area (Å²) < 4.78 is 5.93. The summed E-state index contributed by atoms with van der Waals surface area (Å²) in [5.74, 6) is -0.135. The summed E-state index contributed by atoms with van der Waals surface area (Å²) in [7, 11) is 0. The van der Waals surface area contributed by atoms with Gasteiger partial charge >= 0.3 is 0 Å². The Morgan fingerprint density at radius 1 is 1.15 bits per heavy atom. The van der Waals surface area contributed by atoms with Gasteiger partial charge in [0, 0.05) is 10.0 Å². The fourth-order valence-electron chi connectivity index (χ4n) is 3.43. The average molecular weight is 394 g/mol. The van der Waals surface area contributed by atoms with Gasteiger partial charge in [0.05, 0.1) is 18.7 Å². The Bertz CT molecular complexity index is 762. The molecule has 0 spiro atoms. The lowest BCUT2D eigenvalue weighted by Gasteiger charge is -2.45. The Labute approximate surface area is 163 Å². The highest BCUT2D eigenvalue weighted by atomic mass is 35.5. The van der Waals surface area contributed by atoms with E-state index in [9.17, 15) is 9.90 Å². The first-order chi connectivity index (χ1) is 12.5. The summed E-state index contributed by atoms with van der Waals surface area (Å²) in [6.45, 7) is 1.82. The summed E-state index contributed by atoms with van der Waals surface area (Å²) in [4.78, 5) is 14.4. The third kappa shape index (κ3) is 3.89. The molecule has 0 radical (unpaired) electrons. The Morgan fingerprint density at radius 2 is 1.88 bits per heavy atom. The maximum Gasteiger partial charge on any atom is 0.249 e. The van der Waals surface area contributed by atoms with E-state index < -0.39 is 0 Å². The Kier molecular flexibility index (Phi) is 6.20. The number of aliphatic hydroxyl groups excluding tert-OH is 1. The van der Waals surface area contributed by atoms with Crippen LogP contribution >= 0.6 is 23.2 Å². The highest BCUT2D eigenvalue weighted by Gasteiger charge is 2.41. The average Bonchev–Trinajstić information content (AvgIpc) is 2.64. The van der Waals surface area contributed by atoms with Crippen LogP contribution in [0.3, 0.4) is 0 Å². The van der Waals surface area contributed by atoms with E-state index in [4.69, 9.17) is 27.9 Å². The van der Waals surface area contributed by atoms with Gasteiger partial charge in [-0.2, -0.15) is 0 Å². The second kappa shape index (κ2) is 8.40. The number of amides is 1. The number of ether oxygens (including phenoxy) is 1. The fraction of sp³-hybridized carbons (Fsp3) is 0.350. The van der Waals surface area contributed by atoms with Crippen LogP contribution in [0.2, 0.25) is 10.0 Å². The molecule has 0 bridgehead atoms. The van der Waals surface area contributed by atoms with E-state index >= 15 is 0 Å². The van der Waals surface area contributed by atoms with Crippen molar-refractivity contribution >= 4 is 29.1 Å². The smallest absolute Gasteiger partial charge is 0.249 e. The van der Waals surface area contributed by atoms with Crippen LogP contribution in [0.25, 0.3) is 0 Å². The van der Waals surface area contributed by atoms with Gasteiger partial charge in [-0.3, -0.25) is 4.79 Å². The second-order valence-corrected chi connectivity index (χ2v) is 7.20. The monoisotopic (exact) mass is 393 g/mol. The van der Waals surface area contributed by atoms with Crippen molar-refractivity contribution in [3.05, 3.63) is 69.7 Å². The topological polar surface area (TPSA) is 49.8 Å². The predicted molar refractivity (Wildman–Crippen MR) is 102 cm³/mol. The molecule has 1 unspecified atom stereocenters. The van der Waals surface area contributed by atoms with Gasteiger partial charge < -0.3 is 14.7 Å². The van der Waals surface area contributed by atoms with E-state index in [-0.39, 0.29) is 37.3 Å². The lowest BCUT2D eigenvalue weighted by molar-refractivity contribution is -0.165. The molecule has 1 aliphatic rings. The minimum Gasteiger partial charge on any atom is -0.394 e. The van der Waals surface area contributed by atoms with Gasteiger partial charge in [0.15, 0.2) is 0 Å². The van der Waals surface area contributed by atoms with Crippen LogP contribution in [0.4, 0.5) is 0 Å². The molecule has 3 atom stereocenters. The molecule has 2 aromatic rings. The van der Waals surface area contributed by atoms with Crippen LogP contribution in [-0.4, -0.2) is 35.2 Å². The maximum absolute atomic E-state index is 12.7. The third-order valence-corrected chi connectivity index (χ3v) is 5.21. The second-order valence-electron chi connectivity index (χ2n) is 6.33. The van der Waals surface area contributed by atoms with E-state index in [0.29, 0.717) is 16.5 Å². The number of carbonyl (C=O) groups excluding carboxylic acids is 1. The van der Waals surface area contributed by atoms with Crippen molar-refractivity contribution in [2.75, 3.05) is 13.2 Å². The molecule has 3 rings (SSSR count). The van der Waals surface area contributed by atoms with Crippen molar-refractivity contribution in [2.24, 2.45) is 0 Å². The molecule has 138 valence electrons. The van der Waals surface area contributed by atoms with Gasteiger partial charge in [0.1, 0.15) is 12.7 Å². The Morgan fingerprint density at radius 3 is 2.50 bits per heavy atom. The molecular formula is C20H21Cl2NO3. The summed E-state index contributed by atoms with van der Waals surface area (Å²) in [6, 6.07) is 14.2. The van der Waals surface area contributed by atoms with E-state index in [1.54, 1.807) is 23.1 Å². The molecule has 1 amide bonds. The Hall–Kier alpha value is -1.59. The van der Waals surface area contributed by atoms with Crippen LogP contribution in [0.5, 0.6) is 0 Å². The van der Waals surface area contributed by atoms with Gasteiger partial charge in [-0.25, -0.2) is 0 Å². The van der Waals surface area contributed by atoms with Crippen LogP contribution in [0.15, 0.2) is 48.5 Å². The number of carbonyl (C=O) groups is 1. The molecule has 1 fully saturated rings. The minimum absolute atomic E-state index is 0.0300. The number of hydrogen-bond acceptors (Lipinski definition) is 3. The summed E-state index contributed by atoms with van der Waals surface area (Å²) >= 11 is 12.2. The number of halogens is 2. The fourth-order valence-corrected chi connectivity index (χ4v) is 3.75. The van der Waals surface area contributed by atoms with Gasteiger partial charge in [-0.15, -0.1) is 0 Å². The molecule has 4 nitrogen and oxygen atoms in total. The first kappa shape index (κ1) is 19.2. The Balaban J connectivity index is 2.09. The van der Waals surface area contributed by atoms with E-state index in [1.165, 1.54) is 0 Å². The lowest BCUT2D eigenvalue weighted by atomic mass is 9.91. The largest absolute Gasteiger partial charge is 0.394 e. The number of aliphatic hydroxyl groups is 1. The first-order valence-corrected chi connectivity index (χ1v) is 9.35. The third-order valence-electron chi connectivity index (χ3n) is 4.72. The summed E-state index contributed by atoms with van der Waals surface area (Å²) in [5.41, 5.74) is 1.79. The van der Waals surface area contributed by atoms with Crippen molar-refractivity contribution in [3.8, 4) is 0 Å². The van der Waals surface area contributed by atoms with Crippen LogP contribution in [0.1, 0.15) is 36.6 Å². The standard InChI is InChI=1S/C20H21Cl2NO3/c1-2-17(11-24)23-18(25)12-26-20(14-4-3-5-16(22)10-14)19(23)13-6-8-15(21)9-7-13/h3-10,17,19-20,24H,2,11-12H2,1H3/t17-,19?,20+/m0/s1. The molecule has 2 aromatic carbocycles. The molecule has 0 aromatic heterocycles. The molecular weight excluding hydrogens is 373 g/mol. The first-order valence-electron chi connectivity index (χ1n) is 8.59. The highest BCUT2D eigenvalue weighted by Crippen LogP contribution is 2.42.